The first-order valence-corrected chi connectivity index (χ1v) is 23.0. The van der Waals surface area contributed by atoms with Crippen LogP contribution in [0.2, 0.25) is 0 Å². The van der Waals surface area contributed by atoms with E-state index in [1.165, 1.54) is 62.8 Å². The van der Waals surface area contributed by atoms with Crippen LogP contribution >= 0.6 is 22.7 Å². The van der Waals surface area contributed by atoms with Gasteiger partial charge in [-0.15, -0.1) is 22.7 Å². The first-order valence-electron chi connectivity index (χ1n) is 21.4. The number of pyridine rings is 1. The van der Waals surface area contributed by atoms with Crippen LogP contribution in [0.5, 0.6) is 0 Å². The lowest BCUT2D eigenvalue weighted by Gasteiger charge is -2.14. The smallest absolute Gasteiger partial charge is 0.238 e. The first kappa shape index (κ1) is 36.8. The maximum Gasteiger partial charge on any atom is 0.238 e. The van der Waals surface area contributed by atoms with Crippen LogP contribution < -0.4 is 0 Å². The molecule has 0 radical (unpaired) electrons. The lowest BCUT2D eigenvalue weighted by Crippen LogP contribution is -2.06. The van der Waals surface area contributed by atoms with Crippen molar-refractivity contribution >= 4 is 85.0 Å². The Kier molecular flexibility index (Phi) is 8.41. The van der Waals surface area contributed by atoms with Crippen LogP contribution in [0.15, 0.2) is 194 Å². The molecule has 0 amide bonds. The maximum absolute atomic E-state index is 5.53. The van der Waals surface area contributed by atoms with Crippen molar-refractivity contribution < 1.29 is 0 Å². The second kappa shape index (κ2) is 14.6. The molecule has 13 aromatic rings. The van der Waals surface area contributed by atoms with Gasteiger partial charge in [0.2, 0.25) is 5.95 Å². The van der Waals surface area contributed by atoms with E-state index in [0.717, 1.165) is 49.7 Å². The Morgan fingerprint density at radius 3 is 1.80 bits per heavy atom. The Labute approximate surface area is 376 Å². The number of benzene rings is 8. The van der Waals surface area contributed by atoms with Gasteiger partial charge in [0.1, 0.15) is 0 Å². The average Bonchev–Trinajstić information content (AvgIpc) is 4.04. The van der Waals surface area contributed by atoms with Crippen LogP contribution in [0.3, 0.4) is 0 Å². The maximum atomic E-state index is 5.53. The fourth-order valence-electron chi connectivity index (χ4n) is 9.54. The third kappa shape index (κ3) is 5.75. The predicted octanol–water partition coefficient (Wildman–Crippen LogP) is 15.7. The molecule has 0 saturated heterocycles. The Balaban J connectivity index is 1.02. The Morgan fingerprint density at radius 2 is 1.00 bits per heavy atom. The molecule has 5 nitrogen and oxygen atoms in total. The number of thiophene rings is 2. The molecule has 0 aliphatic rings. The van der Waals surface area contributed by atoms with Crippen molar-refractivity contribution in [3.8, 4) is 62.2 Å². The van der Waals surface area contributed by atoms with Gasteiger partial charge in [0, 0.05) is 63.3 Å². The summed E-state index contributed by atoms with van der Waals surface area (Å²) in [6, 6.07) is 68.6. The highest BCUT2D eigenvalue weighted by Crippen LogP contribution is 2.47. The van der Waals surface area contributed by atoms with Crippen LogP contribution in [-0.2, 0) is 0 Å². The largest absolute Gasteiger partial charge is 0.278 e. The van der Waals surface area contributed by atoms with E-state index < -0.39 is 0 Å². The number of fused-ring (bicyclic) bond motifs is 9. The van der Waals surface area contributed by atoms with Crippen molar-refractivity contribution in [1.82, 2.24) is 24.5 Å². The zero-order chi connectivity index (χ0) is 42.3. The van der Waals surface area contributed by atoms with Crippen LogP contribution in [0, 0.1) is 6.92 Å². The average molecular weight is 854 g/mol. The molecule has 0 fully saturated rings. The van der Waals surface area contributed by atoms with E-state index in [1.54, 1.807) is 0 Å². The van der Waals surface area contributed by atoms with Crippen LogP contribution in [0.25, 0.3) is 125 Å². The minimum atomic E-state index is 0.574. The van der Waals surface area contributed by atoms with Crippen molar-refractivity contribution in [1.29, 1.82) is 0 Å². The third-order valence-corrected chi connectivity index (χ3v) is 14.9. The standard InChI is InChI=1S/C57H35N5S2/c1-34-49(36-19-7-3-8-20-36)54-52(42-24-12-14-30-47(42)64-54)58-51(34)43-27-15-26-40-44-33-38(31-32-48(44)63-53(40)43)56-59-55(37-21-9-4-10-22-37)60-57(61-56)62-45-28-13-11-23-41(45)50-39(25-16-29-46(50)62)35-17-5-2-6-18-35/h2-33H,1H3. The van der Waals surface area contributed by atoms with Crippen LogP contribution in [-0.4, -0.2) is 24.5 Å². The van der Waals surface area contributed by atoms with E-state index in [0.29, 0.717) is 17.6 Å². The summed E-state index contributed by atoms with van der Waals surface area (Å²) in [5.74, 6) is 1.81. The van der Waals surface area contributed by atoms with E-state index in [4.69, 9.17) is 19.9 Å². The molecule has 0 unspecified atom stereocenters. The van der Waals surface area contributed by atoms with Gasteiger partial charge in [-0.3, -0.25) is 4.57 Å². The van der Waals surface area contributed by atoms with Crippen molar-refractivity contribution in [2.45, 2.75) is 6.92 Å². The number of hydrogen-bond acceptors (Lipinski definition) is 6. The summed E-state index contributed by atoms with van der Waals surface area (Å²) >= 11 is 3.65. The summed E-state index contributed by atoms with van der Waals surface area (Å²) in [5, 5.41) is 5.86. The second-order valence-corrected chi connectivity index (χ2v) is 18.3. The highest BCUT2D eigenvalue weighted by Gasteiger charge is 2.23. The minimum absolute atomic E-state index is 0.574. The van der Waals surface area contributed by atoms with Gasteiger partial charge in [0.15, 0.2) is 11.6 Å². The zero-order valence-corrected chi connectivity index (χ0v) is 36.2. The van der Waals surface area contributed by atoms with Gasteiger partial charge < -0.3 is 0 Å². The van der Waals surface area contributed by atoms with E-state index in [9.17, 15) is 0 Å². The van der Waals surface area contributed by atoms with Crippen molar-refractivity contribution in [2.75, 3.05) is 0 Å². The Bertz CT molecular complexity index is 3960. The predicted molar refractivity (Wildman–Crippen MR) is 270 cm³/mol. The Morgan fingerprint density at radius 1 is 0.406 bits per heavy atom. The van der Waals surface area contributed by atoms with E-state index >= 15 is 0 Å². The first-order chi connectivity index (χ1) is 31.7. The van der Waals surface area contributed by atoms with Gasteiger partial charge in [-0.1, -0.05) is 158 Å². The Hall–Kier alpha value is -7.84. The normalized spacial score (nSPS) is 11.8. The molecule has 5 heterocycles. The minimum Gasteiger partial charge on any atom is -0.278 e. The molecule has 0 N–H and O–H groups in total. The van der Waals surface area contributed by atoms with Crippen LogP contribution in [0.4, 0.5) is 0 Å². The lowest BCUT2D eigenvalue weighted by molar-refractivity contribution is 0.954. The molecule has 8 aromatic carbocycles. The van der Waals surface area contributed by atoms with Crippen molar-refractivity contribution in [3.63, 3.8) is 0 Å². The van der Waals surface area contributed by atoms with Gasteiger partial charge in [0.25, 0.3) is 0 Å². The van der Waals surface area contributed by atoms with E-state index in [2.05, 4.69) is 187 Å². The molecule has 300 valence electrons. The summed E-state index contributed by atoms with van der Waals surface area (Å²) in [6.07, 6.45) is 0. The molecule has 0 aliphatic carbocycles. The molecule has 64 heavy (non-hydrogen) atoms. The van der Waals surface area contributed by atoms with Gasteiger partial charge in [-0.05, 0) is 65.6 Å². The van der Waals surface area contributed by atoms with Crippen molar-refractivity contribution in [3.05, 3.63) is 200 Å². The summed E-state index contributed by atoms with van der Waals surface area (Å²) in [7, 11) is 0. The molecule has 0 saturated carbocycles. The number of nitrogens with zero attached hydrogens (tertiary/aromatic N) is 5. The number of para-hydroxylation sites is 1. The molecule has 13 rings (SSSR count). The second-order valence-electron chi connectivity index (χ2n) is 16.2. The van der Waals surface area contributed by atoms with Gasteiger partial charge >= 0.3 is 0 Å². The molecule has 0 aliphatic heterocycles. The molecule has 0 bridgehead atoms. The zero-order valence-electron chi connectivity index (χ0n) is 34.5. The molecule has 0 spiro atoms. The summed E-state index contributed by atoms with van der Waals surface area (Å²) in [4.78, 5) is 21.3. The van der Waals surface area contributed by atoms with E-state index in [1.807, 2.05) is 40.9 Å². The SMILES string of the molecule is Cc1c(-c2cccc3c2sc2ccc(-c4nc(-c5ccccc5)nc(-n5c6ccccc6c6c(-c7ccccc7)cccc65)n4)cc23)nc2c(sc3ccccc32)c1-c1ccccc1. The molecular formula is C57H35N5S2. The summed E-state index contributed by atoms with van der Waals surface area (Å²) < 4.78 is 7.09. The van der Waals surface area contributed by atoms with Gasteiger partial charge in [0.05, 0.1) is 26.9 Å². The summed E-state index contributed by atoms with van der Waals surface area (Å²) in [5.41, 5.74) is 13.1. The van der Waals surface area contributed by atoms with Gasteiger partial charge in [-0.25, -0.2) is 9.97 Å². The number of aromatic nitrogens is 5. The highest BCUT2D eigenvalue weighted by molar-refractivity contribution is 7.26. The van der Waals surface area contributed by atoms with Crippen molar-refractivity contribution in [2.24, 2.45) is 0 Å². The number of rotatable bonds is 6. The van der Waals surface area contributed by atoms with Crippen LogP contribution in [0.1, 0.15) is 5.56 Å². The number of hydrogen-bond donors (Lipinski definition) is 0. The highest BCUT2D eigenvalue weighted by atomic mass is 32.1. The fourth-order valence-corrected chi connectivity index (χ4v) is 12.0. The topological polar surface area (TPSA) is 56.5 Å². The monoisotopic (exact) mass is 853 g/mol. The molecular weight excluding hydrogens is 819 g/mol. The molecule has 0 atom stereocenters. The van der Waals surface area contributed by atoms with E-state index in [-0.39, 0.29) is 0 Å². The summed E-state index contributed by atoms with van der Waals surface area (Å²) in [6.45, 7) is 2.24. The third-order valence-electron chi connectivity index (χ3n) is 12.5. The molecule has 5 aromatic heterocycles. The lowest BCUT2D eigenvalue weighted by atomic mass is 9.95. The molecule has 7 heteroatoms. The fraction of sp³-hybridized carbons (Fsp3) is 0.0175. The van der Waals surface area contributed by atoms with Gasteiger partial charge in [-0.2, -0.15) is 9.97 Å². The quantitative estimate of drug-likeness (QED) is 0.167.